The Kier molecular flexibility index (Phi) is 1.79. The number of hydrogen-bond donors (Lipinski definition) is 2. The first kappa shape index (κ1) is 8.78. The second-order valence-corrected chi connectivity index (χ2v) is 3.24. The highest BCUT2D eigenvalue weighted by Crippen LogP contribution is 2.19. The molecule has 78 valence electrons. The quantitative estimate of drug-likeness (QED) is 0.623. The molecule has 0 saturated carbocycles. The van der Waals surface area contributed by atoms with Crippen LogP contribution < -0.4 is 5.56 Å². The number of fused-ring (bicyclic) bond motifs is 1. The Balaban J connectivity index is 2.43. The average Bonchev–Trinajstić information content (AvgIpc) is 2.82. The molecule has 3 aromatic heterocycles. The topological polar surface area (TPSA) is 87.3 Å². The maximum atomic E-state index is 11.5. The summed E-state index contributed by atoms with van der Waals surface area (Å²) in [6, 6.07) is 1.64. The van der Waals surface area contributed by atoms with Crippen LogP contribution in [0, 0.1) is 0 Å². The van der Waals surface area contributed by atoms with Gasteiger partial charge in [0.1, 0.15) is 16.9 Å². The summed E-state index contributed by atoms with van der Waals surface area (Å²) in [5, 5.41) is 0.510. The van der Waals surface area contributed by atoms with Crippen LogP contribution in [-0.2, 0) is 0 Å². The molecular formula is C10H7N5O. The molecule has 0 saturated heterocycles. The lowest BCUT2D eigenvalue weighted by Crippen LogP contribution is -2.07. The maximum Gasteiger partial charge on any atom is 0.258 e. The lowest BCUT2D eigenvalue weighted by atomic mass is 10.2. The fourth-order valence-corrected chi connectivity index (χ4v) is 1.58. The maximum absolute atomic E-state index is 11.5. The van der Waals surface area contributed by atoms with Crippen LogP contribution in [0.1, 0.15) is 0 Å². The molecule has 6 nitrogen and oxygen atoms in total. The highest BCUT2D eigenvalue weighted by atomic mass is 16.1. The number of nitrogens with zero attached hydrogens (tertiary/aromatic N) is 3. The van der Waals surface area contributed by atoms with E-state index >= 15 is 0 Å². The normalized spacial score (nSPS) is 10.8. The molecule has 0 aliphatic carbocycles. The summed E-state index contributed by atoms with van der Waals surface area (Å²) in [6.45, 7) is 0. The van der Waals surface area contributed by atoms with Crippen molar-refractivity contribution in [3.63, 3.8) is 0 Å². The SMILES string of the molecule is O=c1[nH]cnc2c(-c3c[nH]cn3)nccc12. The standard InChI is InChI=1S/C10H7N5O/c16-10-6-1-2-12-9(7-3-11-4-13-7)8(6)14-5-15-10/h1-5H,(H,11,13)(H,14,15,16). The lowest BCUT2D eigenvalue weighted by molar-refractivity contribution is 1.16. The highest BCUT2D eigenvalue weighted by Gasteiger charge is 2.09. The number of imidazole rings is 1. The number of nitrogens with one attached hydrogen (secondary N) is 2. The number of aromatic nitrogens is 5. The van der Waals surface area contributed by atoms with Gasteiger partial charge < -0.3 is 9.97 Å². The zero-order valence-electron chi connectivity index (χ0n) is 8.14. The van der Waals surface area contributed by atoms with Crippen molar-refractivity contribution in [3.8, 4) is 11.4 Å². The zero-order chi connectivity index (χ0) is 11.0. The molecule has 6 heteroatoms. The van der Waals surface area contributed by atoms with Gasteiger partial charge in [0.2, 0.25) is 0 Å². The second kappa shape index (κ2) is 3.27. The Morgan fingerprint density at radius 2 is 2.06 bits per heavy atom. The second-order valence-electron chi connectivity index (χ2n) is 3.24. The molecule has 3 aromatic rings. The first-order valence-corrected chi connectivity index (χ1v) is 4.68. The number of pyridine rings is 1. The lowest BCUT2D eigenvalue weighted by Gasteiger charge is -2.00. The zero-order valence-corrected chi connectivity index (χ0v) is 8.14. The number of aromatic amines is 2. The van der Waals surface area contributed by atoms with Gasteiger partial charge in [-0.2, -0.15) is 0 Å². The van der Waals surface area contributed by atoms with Crippen molar-refractivity contribution in [2.24, 2.45) is 0 Å². The summed E-state index contributed by atoms with van der Waals surface area (Å²) in [5.41, 5.74) is 1.65. The summed E-state index contributed by atoms with van der Waals surface area (Å²) < 4.78 is 0. The van der Waals surface area contributed by atoms with Gasteiger partial charge in [0.25, 0.3) is 5.56 Å². The summed E-state index contributed by atoms with van der Waals surface area (Å²) in [5.74, 6) is 0. The molecule has 0 bridgehead atoms. The van der Waals surface area contributed by atoms with Crippen molar-refractivity contribution < 1.29 is 0 Å². The van der Waals surface area contributed by atoms with Crippen LogP contribution in [0.5, 0.6) is 0 Å². The van der Waals surface area contributed by atoms with E-state index in [1.807, 2.05) is 0 Å². The summed E-state index contributed by atoms with van der Waals surface area (Å²) in [7, 11) is 0. The fourth-order valence-electron chi connectivity index (χ4n) is 1.58. The molecule has 2 N–H and O–H groups in total. The Labute approximate surface area is 89.4 Å². The smallest absolute Gasteiger partial charge is 0.258 e. The van der Waals surface area contributed by atoms with Crippen LogP contribution in [0.2, 0.25) is 0 Å². The molecule has 0 atom stereocenters. The van der Waals surface area contributed by atoms with Crippen LogP contribution in [0.3, 0.4) is 0 Å². The van der Waals surface area contributed by atoms with E-state index in [4.69, 9.17) is 0 Å². The summed E-state index contributed by atoms with van der Waals surface area (Å²) in [4.78, 5) is 29.3. The van der Waals surface area contributed by atoms with Crippen LogP contribution in [0.25, 0.3) is 22.3 Å². The van der Waals surface area contributed by atoms with Gasteiger partial charge in [-0.1, -0.05) is 0 Å². The molecule has 0 spiro atoms. The van der Waals surface area contributed by atoms with Crippen molar-refractivity contribution in [1.29, 1.82) is 0 Å². The predicted octanol–water partition coefficient (Wildman–Crippen LogP) is 0.708. The van der Waals surface area contributed by atoms with Crippen molar-refractivity contribution >= 4 is 10.9 Å². The summed E-state index contributed by atoms with van der Waals surface area (Å²) >= 11 is 0. The highest BCUT2D eigenvalue weighted by molar-refractivity contribution is 5.89. The third-order valence-corrected chi connectivity index (χ3v) is 2.30. The number of hydrogen-bond acceptors (Lipinski definition) is 4. The number of rotatable bonds is 1. The molecule has 16 heavy (non-hydrogen) atoms. The van der Waals surface area contributed by atoms with Gasteiger partial charge in [-0.25, -0.2) is 9.97 Å². The minimum Gasteiger partial charge on any atom is -0.351 e. The van der Waals surface area contributed by atoms with E-state index in [1.54, 1.807) is 24.8 Å². The Hall–Kier alpha value is -2.50. The van der Waals surface area contributed by atoms with Gasteiger partial charge in [-0.05, 0) is 6.07 Å². The molecule has 0 aliphatic rings. The number of H-pyrrole nitrogens is 2. The van der Waals surface area contributed by atoms with Crippen molar-refractivity contribution in [2.45, 2.75) is 0 Å². The monoisotopic (exact) mass is 213 g/mol. The van der Waals surface area contributed by atoms with Crippen molar-refractivity contribution in [2.75, 3.05) is 0 Å². The van der Waals surface area contributed by atoms with E-state index in [2.05, 4.69) is 24.9 Å². The van der Waals surface area contributed by atoms with Crippen LogP contribution in [-0.4, -0.2) is 24.9 Å². The van der Waals surface area contributed by atoms with Gasteiger partial charge in [0.15, 0.2) is 0 Å². The van der Waals surface area contributed by atoms with Crippen molar-refractivity contribution in [3.05, 3.63) is 41.5 Å². The predicted molar refractivity (Wildman–Crippen MR) is 57.7 cm³/mol. The molecule has 0 fully saturated rings. The Morgan fingerprint density at radius 1 is 1.12 bits per heavy atom. The van der Waals surface area contributed by atoms with Gasteiger partial charge in [-0.3, -0.25) is 9.78 Å². The van der Waals surface area contributed by atoms with Crippen LogP contribution in [0.4, 0.5) is 0 Å². The minimum absolute atomic E-state index is 0.177. The van der Waals surface area contributed by atoms with E-state index < -0.39 is 0 Å². The minimum atomic E-state index is -0.177. The third kappa shape index (κ3) is 1.20. The van der Waals surface area contributed by atoms with Gasteiger partial charge in [-0.15, -0.1) is 0 Å². The van der Waals surface area contributed by atoms with Crippen LogP contribution >= 0.6 is 0 Å². The fraction of sp³-hybridized carbons (Fsp3) is 0. The van der Waals surface area contributed by atoms with E-state index in [1.165, 1.54) is 6.33 Å². The van der Waals surface area contributed by atoms with E-state index in [9.17, 15) is 4.79 Å². The van der Waals surface area contributed by atoms with E-state index in [-0.39, 0.29) is 5.56 Å². The first-order valence-electron chi connectivity index (χ1n) is 4.68. The van der Waals surface area contributed by atoms with Crippen molar-refractivity contribution in [1.82, 2.24) is 24.9 Å². The largest absolute Gasteiger partial charge is 0.351 e. The first-order chi connectivity index (χ1) is 7.86. The Bertz CT molecular complexity index is 686. The molecule has 0 unspecified atom stereocenters. The molecule has 3 rings (SSSR count). The average molecular weight is 213 g/mol. The van der Waals surface area contributed by atoms with Gasteiger partial charge >= 0.3 is 0 Å². The third-order valence-electron chi connectivity index (χ3n) is 2.30. The molecule has 0 aromatic carbocycles. The van der Waals surface area contributed by atoms with Crippen LogP contribution in [0.15, 0.2) is 35.9 Å². The molecule has 0 radical (unpaired) electrons. The summed E-state index contributed by atoms with van der Waals surface area (Å²) in [6.07, 6.45) is 6.21. The van der Waals surface area contributed by atoms with E-state index in [0.29, 0.717) is 22.3 Å². The molecule has 0 aliphatic heterocycles. The van der Waals surface area contributed by atoms with Gasteiger partial charge in [0.05, 0.1) is 18.0 Å². The van der Waals surface area contributed by atoms with E-state index in [0.717, 1.165) is 0 Å². The van der Waals surface area contributed by atoms with Gasteiger partial charge in [0, 0.05) is 12.4 Å². The molecule has 3 heterocycles. The molecular weight excluding hydrogens is 206 g/mol. The molecule has 0 amide bonds. The Morgan fingerprint density at radius 3 is 2.88 bits per heavy atom.